The number of nitrogens with two attached hydrogens (primary N) is 1. The van der Waals surface area contributed by atoms with E-state index in [0.29, 0.717) is 37.3 Å². The number of piperidine rings is 2. The van der Waals surface area contributed by atoms with Crippen molar-refractivity contribution in [2.75, 3.05) is 26.2 Å². The van der Waals surface area contributed by atoms with Crippen LogP contribution in [0.3, 0.4) is 0 Å². The third-order valence-corrected chi connectivity index (χ3v) is 7.57. The molecule has 3 rings (SSSR count). The largest absolute Gasteiger partial charge is 0.334 e. The van der Waals surface area contributed by atoms with Gasteiger partial charge in [-0.1, -0.05) is 12.5 Å². The molecule has 2 saturated heterocycles. The van der Waals surface area contributed by atoms with Crippen LogP contribution < -0.4 is 5.73 Å². The summed E-state index contributed by atoms with van der Waals surface area (Å²) in [6.45, 7) is 4.02. The first-order valence-corrected chi connectivity index (χ1v) is 11.0. The first kappa shape index (κ1) is 22.1. The van der Waals surface area contributed by atoms with Crippen molar-refractivity contribution < 1.29 is 13.2 Å². The first-order chi connectivity index (χ1) is 12.4. The van der Waals surface area contributed by atoms with Gasteiger partial charge in [0.1, 0.15) is 0 Å². The molecule has 0 spiro atoms. The highest BCUT2D eigenvalue weighted by molar-refractivity contribution is 7.89. The zero-order chi connectivity index (χ0) is 18.7. The number of aryl methyl sites for hydroxylation is 1. The van der Waals surface area contributed by atoms with Gasteiger partial charge in [0, 0.05) is 37.8 Å². The number of carbonyl (C=O) groups excluding carboxylic acids is 1. The Morgan fingerprint density at radius 3 is 2.44 bits per heavy atom. The van der Waals surface area contributed by atoms with Crippen molar-refractivity contribution in [2.45, 2.75) is 56.4 Å². The van der Waals surface area contributed by atoms with Crippen LogP contribution in [0.4, 0.5) is 0 Å². The minimum Gasteiger partial charge on any atom is -0.334 e. The van der Waals surface area contributed by atoms with Crippen LogP contribution in [-0.2, 0) is 10.0 Å². The van der Waals surface area contributed by atoms with Crippen LogP contribution in [0, 0.1) is 6.92 Å². The van der Waals surface area contributed by atoms with Crippen molar-refractivity contribution in [3.8, 4) is 0 Å². The summed E-state index contributed by atoms with van der Waals surface area (Å²) in [4.78, 5) is 15.1. The maximum Gasteiger partial charge on any atom is 0.254 e. The molecule has 0 bridgehead atoms. The lowest BCUT2D eigenvalue weighted by Gasteiger charge is -2.35. The molecule has 2 heterocycles. The number of amides is 1. The predicted octanol–water partition coefficient (Wildman–Crippen LogP) is 2.54. The molecular formula is C19H30ClN3O3S. The van der Waals surface area contributed by atoms with Gasteiger partial charge in [-0.15, -0.1) is 12.4 Å². The maximum atomic E-state index is 13.1. The van der Waals surface area contributed by atoms with Gasteiger partial charge in [0.25, 0.3) is 5.91 Å². The number of nitrogens with zero attached hydrogens (tertiary/aromatic N) is 2. The van der Waals surface area contributed by atoms with Gasteiger partial charge in [0.2, 0.25) is 10.0 Å². The second kappa shape index (κ2) is 9.37. The topological polar surface area (TPSA) is 83.7 Å². The highest BCUT2D eigenvalue weighted by atomic mass is 35.5. The van der Waals surface area contributed by atoms with E-state index in [4.69, 9.17) is 5.73 Å². The molecule has 2 fully saturated rings. The van der Waals surface area contributed by atoms with Crippen LogP contribution in [0.1, 0.15) is 54.4 Å². The Balaban J connectivity index is 0.00000261. The Morgan fingerprint density at radius 1 is 1.11 bits per heavy atom. The van der Waals surface area contributed by atoms with E-state index in [0.717, 1.165) is 38.5 Å². The van der Waals surface area contributed by atoms with Crippen LogP contribution >= 0.6 is 12.4 Å². The summed E-state index contributed by atoms with van der Waals surface area (Å²) in [5.41, 5.74) is 6.95. The number of carbonyl (C=O) groups is 1. The molecule has 2 N–H and O–H groups in total. The third kappa shape index (κ3) is 4.65. The minimum atomic E-state index is -3.56. The third-order valence-electron chi connectivity index (χ3n) is 5.53. The van der Waals surface area contributed by atoms with Crippen molar-refractivity contribution in [2.24, 2.45) is 5.73 Å². The zero-order valence-corrected chi connectivity index (χ0v) is 17.5. The standard InChI is InChI=1S/C19H29N3O3S.ClH/c1-15-8-9-16(19(23)22-12-6-3-7-17(22)14-20)13-18(15)26(24,25)21-10-4-2-5-11-21;/h8-9,13,17H,2-7,10-12,14,20H2,1H3;1H. The number of halogens is 1. The van der Waals surface area contributed by atoms with Crippen LogP contribution in [0.5, 0.6) is 0 Å². The van der Waals surface area contributed by atoms with E-state index in [1.807, 2.05) is 4.90 Å². The van der Waals surface area contributed by atoms with Gasteiger partial charge in [0.15, 0.2) is 0 Å². The number of sulfonamides is 1. The number of likely N-dealkylation sites (tertiary alicyclic amines) is 1. The van der Waals surface area contributed by atoms with Crippen molar-refractivity contribution >= 4 is 28.3 Å². The SMILES string of the molecule is Cc1ccc(C(=O)N2CCCCC2CN)cc1S(=O)(=O)N1CCCCC1.Cl. The second-order valence-corrected chi connectivity index (χ2v) is 9.24. The molecule has 1 unspecified atom stereocenters. The zero-order valence-electron chi connectivity index (χ0n) is 15.9. The van der Waals surface area contributed by atoms with Crippen LogP contribution in [-0.4, -0.2) is 55.8 Å². The van der Waals surface area contributed by atoms with Crippen molar-refractivity contribution in [1.82, 2.24) is 9.21 Å². The Morgan fingerprint density at radius 2 is 1.78 bits per heavy atom. The molecule has 0 aromatic heterocycles. The summed E-state index contributed by atoms with van der Waals surface area (Å²) in [6, 6.07) is 5.07. The summed E-state index contributed by atoms with van der Waals surface area (Å²) < 4.78 is 27.7. The fraction of sp³-hybridized carbons (Fsp3) is 0.632. The van der Waals surface area contributed by atoms with Gasteiger partial charge < -0.3 is 10.6 Å². The summed E-state index contributed by atoms with van der Waals surface area (Å²) in [5.74, 6) is -0.116. The van der Waals surface area contributed by atoms with Crippen molar-refractivity contribution in [3.05, 3.63) is 29.3 Å². The van der Waals surface area contributed by atoms with E-state index < -0.39 is 10.0 Å². The molecule has 8 heteroatoms. The summed E-state index contributed by atoms with van der Waals surface area (Å²) >= 11 is 0. The van der Waals surface area contributed by atoms with Crippen LogP contribution in [0.2, 0.25) is 0 Å². The van der Waals surface area contributed by atoms with Gasteiger partial charge in [0.05, 0.1) is 4.90 Å². The molecule has 27 heavy (non-hydrogen) atoms. The molecule has 1 aromatic carbocycles. The second-order valence-electron chi connectivity index (χ2n) is 7.33. The minimum absolute atomic E-state index is 0. The molecule has 2 aliphatic heterocycles. The molecule has 6 nitrogen and oxygen atoms in total. The summed E-state index contributed by atoms with van der Waals surface area (Å²) in [7, 11) is -3.56. The van der Waals surface area contributed by atoms with Crippen molar-refractivity contribution in [1.29, 1.82) is 0 Å². The molecule has 0 aliphatic carbocycles. The van der Waals surface area contributed by atoms with Gasteiger partial charge in [-0.2, -0.15) is 4.31 Å². The van der Waals surface area contributed by atoms with Crippen LogP contribution in [0.15, 0.2) is 23.1 Å². The Hall–Kier alpha value is -1.15. The van der Waals surface area contributed by atoms with E-state index in [1.54, 1.807) is 29.4 Å². The lowest BCUT2D eigenvalue weighted by atomic mass is 10.0. The molecule has 152 valence electrons. The molecule has 1 aromatic rings. The molecule has 2 aliphatic rings. The van der Waals surface area contributed by atoms with E-state index in [1.165, 1.54) is 0 Å². The van der Waals surface area contributed by atoms with Gasteiger partial charge in [-0.25, -0.2) is 8.42 Å². The number of benzene rings is 1. The summed E-state index contributed by atoms with van der Waals surface area (Å²) in [6.07, 6.45) is 5.80. The molecular weight excluding hydrogens is 386 g/mol. The van der Waals surface area contributed by atoms with E-state index in [-0.39, 0.29) is 29.3 Å². The lowest BCUT2D eigenvalue weighted by molar-refractivity contribution is 0.0623. The quantitative estimate of drug-likeness (QED) is 0.818. The number of hydrogen-bond acceptors (Lipinski definition) is 4. The number of rotatable bonds is 4. The maximum absolute atomic E-state index is 13.1. The van der Waals surface area contributed by atoms with E-state index in [2.05, 4.69) is 0 Å². The fourth-order valence-electron chi connectivity index (χ4n) is 3.93. The smallest absolute Gasteiger partial charge is 0.254 e. The average molecular weight is 416 g/mol. The van der Waals surface area contributed by atoms with Gasteiger partial charge in [-0.05, 0) is 56.7 Å². The fourth-order valence-corrected chi connectivity index (χ4v) is 5.70. The lowest BCUT2D eigenvalue weighted by Crippen LogP contribution is -2.47. The molecule has 0 saturated carbocycles. The monoisotopic (exact) mass is 415 g/mol. The Bertz CT molecular complexity index is 763. The Kier molecular flexibility index (Phi) is 7.68. The molecule has 0 radical (unpaired) electrons. The van der Waals surface area contributed by atoms with Gasteiger partial charge >= 0.3 is 0 Å². The van der Waals surface area contributed by atoms with E-state index in [9.17, 15) is 13.2 Å². The first-order valence-electron chi connectivity index (χ1n) is 9.57. The molecule has 1 atom stereocenters. The normalized spacial score (nSPS) is 21.6. The summed E-state index contributed by atoms with van der Waals surface area (Å²) in [5, 5.41) is 0. The predicted molar refractivity (Wildman–Crippen MR) is 109 cm³/mol. The van der Waals surface area contributed by atoms with Gasteiger partial charge in [-0.3, -0.25) is 4.79 Å². The highest BCUT2D eigenvalue weighted by Crippen LogP contribution is 2.26. The number of hydrogen-bond donors (Lipinski definition) is 1. The Labute approximate surface area is 168 Å². The molecule has 1 amide bonds. The van der Waals surface area contributed by atoms with E-state index >= 15 is 0 Å². The van der Waals surface area contributed by atoms with Crippen molar-refractivity contribution in [3.63, 3.8) is 0 Å². The highest BCUT2D eigenvalue weighted by Gasteiger charge is 2.30. The average Bonchev–Trinajstić information content (AvgIpc) is 2.68. The van der Waals surface area contributed by atoms with Crippen LogP contribution in [0.25, 0.3) is 0 Å².